The highest BCUT2D eigenvalue weighted by atomic mass is 32.2. The molecule has 2 aliphatic carbocycles. The van der Waals surface area contributed by atoms with Gasteiger partial charge in [0.05, 0.1) is 60.4 Å². The molecule has 0 spiro atoms. The molecule has 2 saturated carbocycles. The monoisotopic (exact) mass is 1570 g/mol. The fraction of sp³-hybridized carbons (Fsp3) is 0.826. The number of amides is 2. The van der Waals surface area contributed by atoms with Crippen LogP contribution in [-0.4, -0.2) is 191 Å². The Kier molecular flexibility index (Phi) is 69.6. The molecule has 2 atom stereocenters. The normalized spacial score (nSPS) is 13.5. The van der Waals surface area contributed by atoms with Gasteiger partial charge < -0.3 is 69.2 Å². The molecule has 0 bridgehead atoms. The maximum atomic E-state index is 11.2. The summed E-state index contributed by atoms with van der Waals surface area (Å²) in [4.78, 5) is 98.1. The molecule has 0 aliphatic heterocycles. The molecule has 1 aromatic rings. The van der Waals surface area contributed by atoms with Crippen LogP contribution in [0.5, 0.6) is 0 Å². The number of aromatic nitrogens is 4. The summed E-state index contributed by atoms with van der Waals surface area (Å²) in [5.74, 6) is -1.86. The fourth-order valence-electron chi connectivity index (χ4n) is 5.21. The van der Waals surface area contributed by atoms with E-state index >= 15 is 0 Å². The molecule has 3 rings (SSSR count). The summed E-state index contributed by atoms with van der Waals surface area (Å²) in [5, 5.41) is 55.7. The minimum Gasteiger partial charge on any atom is -0.510 e. The number of carbonyl (C=O) groups is 7. The lowest BCUT2D eigenvalue weighted by molar-refractivity contribution is -0.154. The standard InChI is InChI=1S/C8H19O2P.C8H16O2.C7H13NO3S.C7H12O2.C6H13O5P.C6H12O2.C6H14O.C5H10O2.C4H8N4.C4H9NO.C4H11O2P.C4H8O2/c1-6-9-11(5,8(3)4)10-7-2;1-6(2)10-8(4,5)7(3)9;1-5(2)7(9)8-12(10,11)6-3-4-6;1-5(2)7(3-4-7)6(8)9;1-5(2)6(7)10-4-11-12(3,8)9;1-4-8-6(7)5(2)3;1-4-6(7)5(2)3;1-4(2)3-5(6)7;1-3(2)4-5-7-8-6-4;1-3(2)4(5)6;1-4(2)7(3,5)6;1-3(2)4(5)6/h8H,5-7H2,1-4H3;6,9H,3H2,1-2,4-5H3;5-6H,3-4H2,1-2H3,(H,8,9);5H,3-4H2,1-2H3,(H,8,9);5H,4H2,1-3H3,(H,8,9);5H,4H2,1-3H3;5-7H,4H2,1-3H3;4H,3H2,1-2H3,(H,6,7);3H,1-2H3,(H,5,6,7,8);3H,1-2H3,(H2,5,6);4-6H,3H2,1-2H3;3H,1-2H3,(H,5,6). The first-order valence-electron chi connectivity index (χ1n) is 34.8. The number of hydrogen-bond acceptors (Lipinski definition) is 23. The van der Waals surface area contributed by atoms with Gasteiger partial charge in [0.15, 0.2) is 5.82 Å². The van der Waals surface area contributed by atoms with Crippen molar-refractivity contribution in [2.45, 2.75) is 287 Å². The number of rotatable bonds is 27. The van der Waals surface area contributed by atoms with Crippen molar-refractivity contribution in [2.24, 2.45) is 58.5 Å². The molecule has 1 aromatic heterocycles. The molecule has 2 aliphatic rings. The third-order valence-electron chi connectivity index (χ3n) is 13.0. The van der Waals surface area contributed by atoms with Crippen molar-refractivity contribution in [3.8, 4) is 0 Å². The lowest BCUT2D eigenvalue weighted by Gasteiger charge is -2.26. The lowest BCUT2D eigenvalue weighted by atomic mass is 9.93. The Labute approximate surface area is 620 Å². The van der Waals surface area contributed by atoms with Gasteiger partial charge in [-0.15, -0.1) is 10.2 Å². The zero-order chi connectivity index (χ0) is 84.1. The van der Waals surface area contributed by atoms with Crippen molar-refractivity contribution >= 4 is 86.6 Å². The van der Waals surface area contributed by atoms with Crippen molar-refractivity contribution < 1.29 is 115 Å². The van der Waals surface area contributed by atoms with Crippen LogP contribution in [0, 0.1) is 52.8 Å². The Morgan fingerprint density at radius 2 is 1.07 bits per heavy atom. The fourth-order valence-corrected chi connectivity index (χ4v) is 8.45. The number of nitrogens with two attached hydrogens (primary N) is 1. The number of aliphatic hydroxyl groups is 2. The zero-order valence-electron chi connectivity index (χ0n) is 68.6. The molecule has 30 nitrogen and oxygen atoms in total. The van der Waals surface area contributed by atoms with E-state index in [0.717, 1.165) is 31.8 Å². The van der Waals surface area contributed by atoms with Crippen LogP contribution in [0.2, 0.25) is 0 Å². The summed E-state index contributed by atoms with van der Waals surface area (Å²) in [6.07, 6.45) is 11.5. The summed E-state index contributed by atoms with van der Waals surface area (Å²) in [6.45, 7) is 61.5. The number of carboxylic acid groups (broad SMARTS) is 3. The smallest absolute Gasteiger partial charge is 0.327 e. The van der Waals surface area contributed by atoms with Gasteiger partial charge in [0.25, 0.3) is 0 Å². The first-order chi connectivity index (χ1) is 46.3. The van der Waals surface area contributed by atoms with Gasteiger partial charge in [0.2, 0.25) is 28.6 Å². The van der Waals surface area contributed by atoms with Gasteiger partial charge in [-0.2, -0.15) is 5.21 Å². The molecule has 12 N–H and O–H groups in total. The summed E-state index contributed by atoms with van der Waals surface area (Å²) in [7, 11) is -11.4. The van der Waals surface area contributed by atoms with Crippen LogP contribution in [0.4, 0.5) is 0 Å². The molecule has 0 aromatic carbocycles. The molecule has 1 heterocycles. The number of aliphatic carboxylic acids is 3. The topological polar surface area (TPSA) is 480 Å². The first-order valence-corrected chi connectivity index (χ1v) is 42.2. The quantitative estimate of drug-likeness (QED) is 0.0169. The second kappa shape index (κ2) is 61.4. The van der Waals surface area contributed by atoms with Crippen molar-refractivity contribution in [1.29, 1.82) is 0 Å². The van der Waals surface area contributed by atoms with Crippen LogP contribution in [0.15, 0.2) is 12.3 Å². The number of hydrogen-bond donors (Lipinski definition) is 11. The second-order valence-electron chi connectivity index (χ2n) is 27.9. The highest BCUT2D eigenvalue weighted by Crippen LogP contribution is 2.52. The average molecular weight is 1570 g/mol. The number of H-pyrrole nitrogens is 1. The maximum absolute atomic E-state index is 11.2. The highest BCUT2D eigenvalue weighted by molar-refractivity contribution is 7.91. The van der Waals surface area contributed by atoms with Crippen LogP contribution in [0.1, 0.15) is 258 Å². The number of nitrogens with zero attached hydrogens (tertiary/aromatic N) is 3. The van der Waals surface area contributed by atoms with Crippen molar-refractivity contribution in [1.82, 2.24) is 25.3 Å². The third kappa shape index (κ3) is 75.4. The van der Waals surface area contributed by atoms with E-state index in [-0.39, 0.29) is 88.1 Å². The number of ether oxygens (including phenoxy) is 3. The van der Waals surface area contributed by atoms with Gasteiger partial charge in [-0.1, -0.05) is 184 Å². The first kappa shape index (κ1) is 117. The van der Waals surface area contributed by atoms with E-state index in [1.54, 1.807) is 90.0 Å². The number of carbonyl (C=O) groups excluding carboxylic acids is 4. The van der Waals surface area contributed by atoms with Gasteiger partial charge in [-0.25, -0.2) is 8.42 Å². The Hall–Kier alpha value is -4.64. The van der Waals surface area contributed by atoms with E-state index in [4.69, 9.17) is 59.7 Å². The number of sulfonamides is 1. The Morgan fingerprint density at radius 3 is 1.20 bits per heavy atom. The molecular formula is C69H145N6O24P3S. The Morgan fingerprint density at radius 1 is 0.670 bits per heavy atom. The summed E-state index contributed by atoms with van der Waals surface area (Å²) in [6, 6.07) is 0. The summed E-state index contributed by atoms with van der Waals surface area (Å²) in [5.41, 5.74) is 4.15. The molecule has 0 saturated heterocycles. The zero-order valence-corrected chi connectivity index (χ0v) is 72.1. The molecule has 2 fully saturated rings. The summed E-state index contributed by atoms with van der Waals surface area (Å²) < 4.78 is 64.7. The van der Waals surface area contributed by atoms with E-state index in [0.29, 0.717) is 56.1 Å². The number of carboxylic acids is 3. The number of primary amides is 1. The lowest BCUT2D eigenvalue weighted by Crippen LogP contribution is -2.35. The van der Waals surface area contributed by atoms with Gasteiger partial charge in [0, 0.05) is 42.2 Å². The number of aromatic amines is 1. The molecule has 0 radical (unpaired) electrons. The Balaban J connectivity index is -0.000000135. The molecule has 103 heavy (non-hydrogen) atoms. The van der Waals surface area contributed by atoms with E-state index in [9.17, 15) is 46.5 Å². The number of aliphatic hydroxyl groups excluding tert-OH is 2. The molecule has 2 unspecified atom stereocenters. The molecular weight excluding hydrogens is 1420 g/mol. The van der Waals surface area contributed by atoms with E-state index in [1.165, 1.54) is 0 Å². The van der Waals surface area contributed by atoms with Gasteiger partial charge >= 0.3 is 37.4 Å². The predicted octanol–water partition coefficient (Wildman–Crippen LogP) is 13.3. The number of tetrazole rings is 1. The minimum absolute atomic E-state index is 0.00921. The second-order valence-corrected chi connectivity index (χ2v) is 37.3. The molecule has 616 valence electrons. The Bertz CT molecular complexity index is 2660. The van der Waals surface area contributed by atoms with E-state index < -0.39 is 74.5 Å². The van der Waals surface area contributed by atoms with Crippen LogP contribution in [0.25, 0.3) is 0 Å². The van der Waals surface area contributed by atoms with Gasteiger partial charge in [-0.05, 0) is 98.3 Å². The van der Waals surface area contributed by atoms with Crippen molar-refractivity contribution in [3.63, 3.8) is 0 Å². The number of esters is 2. The SMILES string of the molecule is C=C(O)C(C)(C)OC(C)C.C=P(O)(O)C(C)C.C=P(OCC)(OCC)C(C)C.CC(C)C(=O)NS(=O)(=O)C1CC1.CC(C)C(=O)O.CC(C)C(=O)OCOP(C)(=O)O.CC(C)C(N)=O.CC(C)C1(C(=O)O)CC1.CC(C)CC(=O)O.CC(C)c1nn[nH]n1.CCC(O)C(C)C.CCOC(=O)C(C)C. The molecule has 2 amide bonds. The van der Waals surface area contributed by atoms with Crippen LogP contribution >= 0.6 is 22.3 Å². The predicted molar refractivity (Wildman–Crippen MR) is 414 cm³/mol. The highest BCUT2D eigenvalue weighted by Gasteiger charge is 2.52. The van der Waals surface area contributed by atoms with Crippen molar-refractivity contribution in [2.75, 3.05) is 33.3 Å². The minimum atomic E-state index is -3.53. The van der Waals surface area contributed by atoms with Crippen LogP contribution in [-0.2, 0) is 75.9 Å². The summed E-state index contributed by atoms with van der Waals surface area (Å²) >= 11 is 0. The van der Waals surface area contributed by atoms with Crippen LogP contribution < -0.4 is 10.5 Å². The van der Waals surface area contributed by atoms with Crippen LogP contribution in [0.3, 0.4) is 0 Å². The maximum Gasteiger partial charge on any atom is 0.327 e. The average Bonchev–Trinajstić information content (AvgIpc) is 1.63. The van der Waals surface area contributed by atoms with Crippen molar-refractivity contribution in [3.05, 3.63) is 18.2 Å². The van der Waals surface area contributed by atoms with Gasteiger partial charge in [0.1, 0.15) is 26.0 Å². The third-order valence-corrected chi connectivity index (χ3v) is 20.1. The van der Waals surface area contributed by atoms with E-state index in [1.807, 2.05) is 104 Å². The van der Waals surface area contributed by atoms with Gasteiger partial charge in [-0.3, -0.25) is 47.4 Å². The largest absolute Gasteiger partial charge is 0.510 e. The number of nitrogens with one attached hydrogen (secondary N) is 2. The van der Waals surface area contributed by atoms with E-state index in [2.05, 4.69) is 72.4 Å². The molecule has 34 heteroatoms.